The molecule has 6 heteroatoms. The first-order valence-electron chi connectivity index (χ1n) is 7.96. The van der Waals surface area contributed by atoms with Crippen LogP contribution >= 0.6 is 0 Å². The number of nitrogens with zero attached hydrogens (tertiary/aromatic N) is 1. The van der Waals surface area contributed by atoms with E-state index in [9.17, 15) is 13.2 Å². The summed E-state index contributed by atoms with van der Waals surface area (Å²) < 4.78 is 25.0. The first-order valence-corrected chi connectivity index (χ1v) is 9.80. The molecule has 0 aliphatic heterocycles. The monoisotopic (exact) mass is 340 g/mol. The molecule has 0 atom stereocenters. The van der Waals surface area contributed by atoms with Crippen LogP contribution in [0.3, 0.4) is 0 Å². The Morgan fingerprint density at radius 3 is 2.52 bits per heavy atom. The number of carbonyl (C=O) groups excluding carboxylic acids is 1. The lowest BCUT2D eigenvalue weighted by molar-refractivity contribution is -0.120. The van der Waals surface area contributed by atoms with Crippen molar-refractivity contribution in [3.63, 3.8) is 0 Å². The van der Waals surface area contributed by atoms with Crippen molar-refractivity contribution in [1.82, 2.24) is 9.62 Å². The van der Waals surface area contributed by atoms with E-state index in [-0.39, 0.29) is 5.91 Å². The van der Waals surface area contributed by atoms with Crippen molar-refractivity contribution < 1.29 is 13.2 Å². The highest BCUT2D eigenvalue weighted by molar-refractivity contribution is 7.88. The van der Waals surface area contributed by atoms with Crippen LogP contribution in [0.4, 0.5) is 0 Å². The fraction of sp³-hybridized carbons (Fsp3) is 0.588. The van der Waals surface area contributed by atoms with Crippen LogP contribution in [0.25, 0.3) is 0 Å². The van der Waals surface area contributed by atoms with Crippen LogP contribution in [0, 0.1) is 12.8 Å². The van der Waals surface area contributed by atoms with Crippen molar-refractivity contribution >= 4 is 15.9 Å². The van der Waals surface area contributed by atoms with E-state index >= 15 is 0 Å². The molecule has 0 spiro atoms. The van der Waals surface area contributed by atoms with Crippen LogP contribution in [-0.2, 0) is 21.2 Å². The van der Waals surface area contributed by atoms with Crippen molar-refractivity contribution in [3.8, 4) is 0 Å². The van der Waals surface area contributed by atoms with Gasteiger partial charge in [0.1, 0.15) is 0 Å². The van der Waals surface area contributed by atoms with Gasteiger partial charge in [-0.15, -0.1) is 0 Å². The van der Waals surface area contributed by atoms with Gasteiger partial charge in [-0.3, -0.25) is 4.79 Å². The minimum atomic E-state index is -3.24. The van der Waals surface area contributed by atoms with Crippen molar-refractivity contribution in [1.29, 1.82) is 0 Å². The zero-order valence-electron chi connectivity index (χ0n) is 14.5. The Morgan fingerprint density at radius 2 is 1.96 bits per heavy atom. The molecule has 23 heavy (non-hydrogen) atoms. The third kappa shape index (κ3) is 8.13. The van der Waals surface area contributed by atoms with Gasteiger partial charge in [0.2, 0.25) is 15.9 Å². The second-order valence-electron chi connectivity index (χ2n) is 6.36. The molecular weight excluding hydrogens is 312 g/mol. The molecule has 0 radical (unpaired) electrons. The number of hydrogen-bond donors (Lipinski definition) is 1. The largest absolute Gasteiger partial charge is 0.354 e. The number of rotatable bonds is 9. The maximum absolute atomic E-state index is 11.9. The Hall–Kier alpha value is -1.40. The third-order valence-electron chi connectivity index (χ3n) is 3.56. The lowest BCUT2D eigenvalue weighted by Gasteiger charge is -2.21. The van der Waals surface area contributed by atoms with Crippen molar-refractivity contribution in [2.24, 2.45) is 5.92 Å². The molecule has 0 unspecified atom stereocenters. The molecule has 1 aromatic carbocycles. The van der Waals surface area contributed by atoms with E-state index in [4.69, 9.17) is 0 Å². The molecule has 5 nitrogen and oxygen atoms in total. The molecule has 1 amide bonds. The second kappa shape index (κ2) is 9.03. The van der Waals surface area contributed by atoms with Crippen molar-refractivity contribution in [2.45, 2.75) is 33.6 Å². The topological polar surface area (TPSA) is 66.5 Å². The Kier molecular flexibility index (Phi) is 7.72. The van der Waals surface area contributed by atoms with Crippen LogP contribution < -0.4 is 5.32 Å². The van der Waals surface area contributed by atoms with Gasteiger partial charge in [0.15, 0.2) is 0 Å². The van der Waals surface area contributed by atoms with Crippen LogP contribution in [-0.4, -0.2) is 44.5 Å². The fourth-order valence-electron chi connectivity index (χ4n) is 2.24. The highest BCUT2D eigenvalue weighted by Crippen LogP contribution is 2.06. The van der Waals surface area contributed by atoms with Gasteiger partial charge in [0, 0.05) is 19.6 Å². The summed E-state index contributed by atoms with van der Waals surface area (Å²) in [6, 6.07) is 7.80. The Balaban J connectivity index is 2.44. The van der Waals surface area contributed by atoms with Gasteiger partial charge in [-0.25, -0.2) is 12.7 Å². The Morgan fingerprint density at radius 1 is 1.26 bits per heavy atom. The molecule has 0 aliphatic carbocycles. The number of hydrogen-bond acceptors (Lipinski definition) is 3. The Labute approximate surface area is 140 Å². The molecule has 1 N–H and O–H groups in total. The molecule has 130 valence electrons. The summed E-state index contributed by atoms with van der Waals surface area (Å²) in [5, 5.41) is 2.80. The van der Waals surface area contributed by atoms with E-state index in [0.717, 1.165) is 17.5 Å². The van der Waals surface area contributed by atoms with Gasteiger partial charge in [-0.1, -0.05) is 43.7 Å². The zero-order valence-corrected chi connectivity index (χ0v) is 15.3. The maximum Gasteiger partial charge on any atom is 0.224 e. The van der Waals surface area contributed by atoms with E-state index < -0.39 is 10.0 Å². The summed E-state index contributed by atoms with van der Waals surface area (Å²) in [7, 11) is -3.24. The summed E-state index contributed by atoms with van der Waals surface area (Å²) in [6.07, 6.45) is 2.33. The molecular formula is C17H28N2O3S. The summed E-state index contributed by atoms with van der Waals surface area (Å²) in [5.41, 5.74) is 2.08. The number of sulfonamides is 1. The molecule has 1 rings (SSSR count). The van der Waals surface area contributed by atoms with Crippen molar-refractivity contribution in [2.75, 3.05) is 25.9 Å². The molecule has 1 aromatic rings. The molecule has 0 heterocycles. The first kappa shape index (κ1) is 19.6. The predicted molar refractivity (Wildman–Crippen MR) is 93.8 cm³/mol. The number of amides is 1. The molecule has 0 aromatic heterocycles. The first-order chi connectivity index (χ1) is 10.7. The average molecular weight is 340 g/mol. The molecule has 0 bridgehead atoms. The van der Waals surface area contributed by atoms with E-state index in [0.29, 0.717) is 32.0 Å². The van der Waals surface area contributed by atoms with Gasteiger partial charge in [0.05, 0.1) is 12.7 Å². The lowest BCUT2D eigenvalue weighted by atomic mass is 10.1. The van der Waals surface area contributed by atoms with Crippen molar-refractivity contribution in [3.05, 3.63) is 35.4 Å². The smallest absolute Gasteiger partial charge is 0.224 e. The minimum absolute atomic E-state index is 0.0899. The third-order valence-corrected chi connectivity index (χ3v) is 4.86. The normalized spacial score (nSPS) is 11.9. The lowest BCUT2D eigenvalue weighted by Crippen LogP contribution is -2.39. The van der Waals surface area contributed by atoms with Crippen LogP contribution in [0.5, 0.6) is 0 Å². The summed E-state index contributed by atoms with van der Waals surface area (Å²) in [6.45, 7) is 7.24. The number of carbonyl (C=O) groups is 1. The Bertz CT molecular complexity index is 612. The molecule has 0 saturated carbocycles. The van der Waals surface area contributed by atoms with Gasteiger partial charge in [-0.05, 0) is 24.8 Å². The second-order valence-corrected chi connectivity index (χ2v) is 8.34. The number of nitrogens with one attached hydrogen (secondary N) is 1. The zero-order chi connectivity index (χ0) is 17.5. The summed E-state index contributed by atoms with van der Waals surface area (Å²) >= 11 is 0. The predicted octanol–water partition coefficient (Wildman–Crippen LogP) is 1.96. The van der Waals surface area contributed by atoms with Gasteiger partial charge in [-0.2, -0.15) is 0 Å². The van der Waals surface area contributed by atoms with E-state index in [1.165, 1.54) is 10.6 Å². The van der Waals surface area contributed by atoms with Gasteiger partial charge in [0.25, 0.3) is 0 Å². The quantitative estimate of drug-likeness (QED) is 0.747. The van der Waals surface area contributed by atoms with Gasteiger partial charge < -0.3 is 5.32 Å². The van der Waals surface area contributed by atoms with Crippen LogP contribution in [0.1, 0.15) is 31.4 Å². The standard InChI is InChI=1S/C17H28N2O3S/c1-14(2)8-10-19(23(4,21)22)11-9-18-17(20)13-16-7-5-6-15(3)12-16/h5-7,12,14H,8-11,13H2,1-4H3,(H,18,20). The van der Waals surface area contributed by atoms with E-state index in [1.807, 2.05) is 31.2 Å². The highest BCUT2D eigenvalue weighted by Gasteiger charge is 2.16. The van der Waals surface area contributed by atoms with Gasteiger partial charge >= 0.3 is 0 Å². The maximum atomic E-state index is 11.9. The molecule has 0 fully saturated rings. The van der Waals surface area contributed by atoms with E-state index in [2.05, 4.69) is 19.2 Å². The highest BCUT2D eigenvalue weighted by atomic mass is 32.2. The minimum Gasteiger partial charge on any atom is -0.354 e. The fourth-order valence-corrected chi connectivity index (χ4v) is 3.10. The van der Waals surface area contributed by atoms with Crippen LogP contribution in [0.15, 0.2) is 24.3 Å². The molecule has 0 saturated heterocycles. The number of aryl methyl sites for hydroxylation is 1. The van der Waals surface area contributed by atoms with Crippen LogP contribution in [0.2, 0.25) is 0 Å². The SMILES string of the molecule is Cc1cccc(CC(=O)NCCN(CCC(C)C)S(C)(=O)=O)c1. The van der Waals surface area contributed by atoms with E-state index in [1.54, 1.807) is 0 Å². The summed E-state index contributed by atoms with van der Waals surface area (Å²) in [4.78, 5) is 11.9. The summed E-state index contributed by atoms with van der Waals surface area (Å²) in [5.74, 6) is 0.350. The number of benzene rings is 1. The average Bonchev–Trinajstić information content (AvgIpc) is 2.40. The molecule has 0 aliphatic rings.